The zero-order chi connectivity index (χ0) is 16.5. The standard InChI is InChI=1S/C17H36O4S.Mg.2H/c1-2-3-4-5-6-7-8-9-10-11-12-13-16-21-22(19,20)17-14-15-18;;;/h18H,2-17H2,1H3;;;/q;+2;2*-1. The average molecular weight is 363 g/mol. The van der Waals surface area contributed by atoms with Crippen molar-refractivity contribution in [2.75, 3.05) is 19.0 Å². The first-order valence-electron chi connectivity index (χ1n) is 9.10. The minimum absolute atomic E-state index is 0. The Balaban J connectivity index is -0.000000735. The summed E-state index contributed by atoms with van der Waals surface area (Å²) in [6.07, 6.45) is 15.3. The van der Waals surface area contributed by atoms with Crippen LogP contribution in [0.2, 0.25) is 0 Å². The topological polar surface area (TPSA) is 63.6 Å². The molecule has 23 heavy (non-hydrogen) atoms. The quantitative estimate of drug-likeness (QED) is 0.238. The molecular formula is C17H38MgO4S. The predicted molar refractivity (Wildman–Crippen MR) is 100 cm³/mol. The molecule has 0 unspecified atom stereocenters. The molecule has 0 aromatic rings. The molecule has 0 aliphatic heterocycles. The Kier molecular flexibility index (Phi) is 21.3. The monoisotopic (exact) mass is 362 g/mol. The molecule has 0 radical (unpaired) electrons. The van der Waals surface area contributed by atoms with Crippen LogP contribution in [0.4, 0.5) is 0 Å². The third kappa shape index (κ3) is 20.6. The first-order valence-corrected chi connectivity index (χ1v) is 10.7. The zero-order valence-electron chi connectivity index (χ0n) is 17.1. The van der Waals surface area contributed by atoms with Gasteiger partial charge in [-0.1, -0.05) is 77.6 Å². The minimum atomic E-state index is -3.42. The molecule has 0 saturated heterocycles. The van der Waals surface area contributed by atoms with Gasteiger partial charge in [-0.25, -0.2) is 0 Å². The van der Waals surface area contributed by atoms with Crippen molar-refractivity contribution in [3.63, 3.8) is 0 Å². The third-order valence-electron chi connectivity index (χ3n) is 3.81. The molecule has 1 N–H and O–H groups in total. The maximum atomic E-state index is 11.4. The average Bonchev–Trinajstić information content (AvgIpc) is 2.50. The van der Waals surface area contributed by atoms with Crippen molar-refractivity contribution in [2.24, 2.45) is 0 Å². The van der Waals surface area contributed by atoms with Gasteiger partial charge in [0.05, 0.1) is 12.4 Å². The van der Waals surface area contributed by atoms with E-state index in [0.717, 1.165) is 19.3 Å². The van der Waals surface area contributed by atoms with Gasteiger partial charge in [-0.2, -0.15) is 8.42 Å². The van der Waals surface area contributed by atoms with E-state index in [-0.39, 0.29) is 51.3 Å². The van der Waals surface area contributed by atoms with E-state index in [1.54, 1.807) is 0 Å². The molecule has 0 bridgehead atoms. The Bertz CT molecular complexity index is 331. The van der Waals surface area contributed by atoms with Crippen LogP contribution in [0.5, 0.6) is 0 Å². The second kappa shape index (κ2) is 19.0. The molecule has 0 heterocycles. The van der Waals surface area contributed by atoms with Crippen molar-refractivity contribution in [1.82, 2.24) is 0 Å². The van der Waals surface area contributed by atoms with Gasteiger partial charge in [-0.15, -0.1) is 0 Å². The fourth-order valence-corrected chi connectivity index (χ4v) is 3.40. The molecule has 0 aliphatic carbocycles. The summed E-state index contributed by atoms with van der Waals surface area (Å²) >= 11 is 0. The van der Waals surface area contributed by atoms with Crippen LogP contribution in [0, 0.1) is 0 Å². The van der Waals surface area contributed by atoms with Gasteiger partial charge in [0.25, 0.3) is 10.1 Å². The summed E-state index contributed by atoms with van der Waals surface area (Å²) in [6, 6.07) is 0. The molecule has 0 rings (SSSR count). The van der Waals surface area contributed by atoms with E-state index in [2.05, 4.69) is 6.92 Å². The van der Waals surface area contributed by atoms with Crippen molar-refractivity contribution in [1.29, 1.82) is 0 Å². The van der Waals surface area contributed by atoms with Crippen LogP contribution in [-0.2, 0) is 14.3 Å². The van der Waals surface area contributed by atoms with E-state index in [9.17, 15) is 8.42 Å². The van der Waals surface area contributed by atoms with Crippen molar-refractivity contribution in [3.8, 4) is 0 Å². The Morgan fingerprint density at radius 3 is 1.65 bits per heavy atom. The number of aliphatic hydroxyl groups is 1. The zero-order valence-corrected chi connectivity index (χ0v) is 17.3. The normalized spacial score (nSPS) is 11.4. The SMILES string of the molecule is CCCCCCCCCCCCCCOS(=O)(=O)CCCO.[H-].[H-].[Mg+2]. The number of aliphatic hydroxyl groups excluding tert-OH is 1. The summed E-state index contributed by atoms with van der Waals surface area (Å²) in [6.45, 7) is 2.42. The molecule has 0 atom stereocenters. The second-order valence-electron chi connectivity index (χ2n) is 6.05. The van der Waals surface area contributed by atoms with Crippen LogP contribution in [-0.4, -0.2) is 55.5 Å². The summed E-state index contributed by atoms with van der Waals surface area (Å²) in [5.41, 5.74) is 0. The molecule has 0 aromatic heterocycles. The molecule has 138 valence electrons. The van der Waals surface area contributed by atoms with Crippen molar-refractivity contribution in [3.05, 3.63) is 0 Å². The van der Waals surface area contributed by atoms with Gasteiger partial charge in [0, 0.05) is 6.61 Å². The summed E-state index contributed by atoms with van der Waals surface area (Å²) in [5.74, 6) is -0.0816. The van der Waals surface area contributed by atoms with Gasteiger partial charge in [0.15, 0.2) is 0 Å². The smallest absolute Gasteiger partial charge is 1.00 e. The van der Waals surface area contributed by atoms with E-state index in [1.807, 2.05) is 0 Å². The van der Waals surface area contributed by atoms with Gasteiger partial charge in [-0.05, 0) is 12.8 Å². The van der Waals surface area contributed by atoms with Gasteiger partial charge in [-0.3, -0.25) is 4.18 Å². The largest absolute Gasteiger partial charge is 2.00 e. The van der Waals surface area contributed by atoms with E-state index in [0.29, 0.717) is 0 Å². The van der Waals surface area contributed by atoms with Crippen LogP contribution in [0.25, 0.3) is 0 Å². The first-order chi connectivity index (χ1) is 10.6. The maximum absolute atomic E-state index is 11.4. The Morgan fingerprint density at radius 1 is 0.783 bits per heavy atom. The molecule has 0 fully saturated rings. The van der Waals surface area contributed by atoms with Gasteiger partial charge >= 0.3 is 23.1 Å². The molecule has 0 aliphatic rings. The van der Waals surface area contributed by atoms with E-state index in [1.165, 1.54) is 57.8 Å². The predicted octanol–water partition coefficient (Wildman–Crippen LogP) is 4.26. The molecule has 6 heteroatoms. The minimum Gasteiger partial charge on any atom is -1.00 e. The van der Waals surface area contributed by atoms with Crippen molar-refractivity contribution < 1.29 is 20.6 Å². The van der Waals surface area contributed by atoms with E-state index >= 15 is 0 Å². The summed E-state index contributed by atoms with van der Waals surface area (Å²) < 4.78 is 27.6. The van der Waals surface area contributed by atoms with E-state index < -0.39 is 10.1 Å². The summed E-state index contributed by atoms with van der Waals surface area (Å²) in [4.78, 5) is 0. The molecule has 0 spiro atoms. The Hall–Kier alpha value is 0.636. The number of hydrogen-bond acceptors (Lipinski definition) is 4. The number of hydrogen-bond donors (Lipinski definition) is 1. The molecule has 0 aromatic carbocycles. The van der Waals surface area contributed by atoms with Crippen LogP contribution in [0.15, 0.2) is 0 Å². The summed E-state index contributed by atoms with van der Waals surface area (Å²) in [5, 5.41) is 8.59. The van der Waals surface area contributed by atoms with Crippen LogP contribution in [0.3, 0.4) is 0 Å². The fraction of sp³-hybridized carbons (Fsp3) is 1.00. The van der Waals surface area contributed by atoms with Crippen molar-refractivity contribution >= 4 is 33.2 Å². The first kappa shape index (κ1) is 25.9. The molecule has 0 amide bonds. The van der Waals surface area contributed by atoms with Crippen molar-refractivity contribution in [2.45, 2.75) is 90.4 Å². The third-order valence-corrected chi connectivity index (χ3v) is 5.13. The van der Waals surface area contributed by atoms with Crippen LogP contribution in [0.1, 0.15) is 93.2 Å². The van der Waals surface area contributed by atoms with Gasteiger partial charge < -0.3 is 7.96 Å². The molecular weight excluding hydrogens is 325 g/mol. The molecule has 0 saturated carbocycles. The number of rotatable bonds is 17. The summed E-state index contributed by atoms with van der Waals surface area (Å²) in [7, 11) is -3.42. The Morgan fingerprint density at radius 2 is 1.22 bits per heavy atom. The number of unbranched alkanes of at least 4 members (excludes halogenated alkanes) is 11. The molecule has 4 nitrogen and oxygen atoms in total. The fourth-order valence-electron chi connectivity index (χ4n) is 2.43. The van der Waals surface area contributed by atoms with Crippen LogP contribution >= 0.6 is 0 Å². The maximum Gasteiger partial charge on any atom is 2.00 e. The Labute approximate surface area is 163 Å². The van der Waals surface area contributed by atoms with Gasteiger partial charge in [0.1, 0.15) is 0 Å². The second-order valence-corrected chi connectivity index (χ2v) is 7.81. The van der Waals surface area contributed by atoms with E-state index in [4.69, 9.17) is 9.29 Å². The van der Waals surface area contributed by atoms with Crippen LogP contribution < -0.4 is 0 Å². The van der Waals surface area contributed by atoms with Gasteiger partial charge in [0.2, 0.25) is 0 Å².